The molecule has 0 aromatic heterocycles. The fourth-order valence-corrected chi connectivity index (χ4v) is 3.18. The smallest absolute Gasteiger partial charge is 0.308 e. The molecule has 116 valence electrons. The molecule has 1 aliphatic carbocycles. The first-order valence-electron chi connectivity index (χ1n) is 7.82. The number of aliphatic hydroxyl groups is 1. The summed E-state index contributed by atoms with van der Waals surface area (Å²) in [5.74, 6) is -0.125. The molecular formula is C15H27NO4. The number of nitrogens with zero attached hydrogens (tertiary/aromatic N) is 1. The van der Waals surface area contributed by atoms with Crippen LogP contribution in [0.1, 0.15) is 39.0 Å². The Balaban J connectivity index is 1.79. The number of rotatable bonds is 4. The van der Waals surface area contributed by atoms with E-state index in [1.807, 2.05) is 6.92 Å². The van der Waals surface area contributed by atoms with Gasteiger partial charge in [-0.25, -0.2) is 0 Å². The Hall–Kier alpha value is -0.650. The molecule has 1 saturated carbocycles. The molecule has 0 aromatic carbocycles. The van der Waals surface area contributed by atoms with Gasteiger partial charge < -0.3 is 14.6 Å². The topological polar surface area (TPSA) is 59.0 Å². The molecule has 5 nitrogen and oxygen atoms in total. The van der Waals surface area contributed by atoms with Crippen molar-refractivity contribution in [1.82, 2.24) is 4.90 Å². The van der Waals surface area contributed by atoms with Crippen LogP contribution in [0.2, 0.25) is 0 Å². The molecule has 1 N–H and O–H groups in total. The summed E-state index contributed by atoms with van der Waals surface area (Å²) in [5.41, 5.74) is -0.646. The lowest BCUT2D eigenvalue weighted by Gasteiger charge is -2.38. The van der Waals surface area contributed by atoms with Crippen LogP contribution in [0.4, 0.5) is 0 Å². The molecule has 20 heavy (non-hydrogen) atoms. The van der Waals surface area contributed by atoms with E-state index in [9.17, 15) is 9.90 Å². The van der Waals surface area contributed by atoms with Crippen molar-refractivity contribution in [3.63, 3.8) is 0 Å². The molecule has 1 heterocycles. The fourth-order valence-electron chi connectivity index (χ4n) is 3.18. The number of β-amino-alcohol motifs (C(OH)–C–C–N with tert-alkyl or cyclic N) is 1. The van der Waals surface area contributed by atoms with Crippen molar-refractivity contribution in [2.75, 3.05) is 39.5 Å². The highest BCUT2D eigenvalue weighted by molar-refractivity contribution is 5.72. The van der Waals surface area contributed by atoms with E-state index in [2.05, 4.69) is 4.90 Å². The molecule has 2 aliphatic rings. The lowest BCUT2D eigenvalue weighted by Crippen LogP contribution is -2.47. The number of esters is 1. The molecule has 1 aliphatic heterocycles. The van der Waals surface area contributed by atoms with Crippen LogP contribution in [0.25, 0.3) is 0 Å². The Morgan fingerprint density at radius 1 is 1.35 bits per heavy atom. The van der Waals surface area contributed by atoms with Gasteiger partial charge in [-0.15, -0.1) is 0 Å². The second-order valence-corrected chi connectivity index (χ2v) is 5.99. The third-order valence-electron chi connectivity index (χ3n) is 4.37. The summed E-state index contributed by atoms with van der Waals surface area (Å²) < 4.78 is 10.5. The quantitative estimate of drug-likeness (QED) is 0.786. The minimum absolute atomic E-state index is 0.0253. The van der Waals surface area contributed by atoms with Gasteiger partial charge in [-0.1, -0.05) is 0 Å². The fraction of sp³-hybridized carbons (Fsp3) is 0.933. The van der Waals surface area contributed by atoms with Crippen LogP contribution in [0.15, 0.2) is 0 Å². The highest BCUT2D eigenvalue weighted by Crippen LogP contribution is 2.33. The van der Waals surface area contributed by atoms with Crippen molar-refractivity contribution >= 4 is 5.97 Å². The van der Waals surface area contributed by atoms with E-state index < -0.39 is 5.60 Å². The van der Waals surface area contributed by atoms with E-state index in [0.717, 1.165) is 45.6 Å². The Morgan fingerprint density at radius 2 is 2.10 bits per heavy atom. The molecule has 5 heteroatoms. The van der Waals surface area contributed by atoms with Crippen LogP contribution in [0, 0.1) is 5.92 Å². The van der Waals surface area contributed by atoms with Gasteiger partial charge in [0, 0.05) is 26.2 Å². The SMILES string of the molecule is CCOC(=O)C1CCC(O)(CN2CCCOCC2)CC1. The first kappa shape index (κ1) is 15.7. The normalized spacial score (nSPS) is 32.6. The number of hydrogen-bond acceptors (Lipinski definition) is 5. The molecular weight excluding hydrogens is 258 g/mol. The van der Waals surface area contributed by atoms with Gasteiger partial charge in [0.1, 0.15) is 0 Å². The van der Waals surface area contributed by atoms with Gasteiger partial charge in [0.15, 0.2) is 0 Å². The lowest BCUT2D eigenvalue weighted by atomic mass is 9.78. The number of hydrogen-bond donors (Lipinski definition) is 1. The van der Waals surface area contributed by atoms with Gasteiger partial charge in [-0.3, -0.25) is 9.69 Å². The van der Waals surface area contributed by atoms with Crippen LogP contribution in [0.5, 0.6) is 0 Å². The van der Waals surface area contributed by atoms with Gasteiger partial charge in [0.2, 0.25) is 0 Å². The second kappa shape index (κ2) is 7.38. The van der Waals surface area contributed by atoms with Gasteiger partial charge in [-0.2, -0.15) is 0 Å². The van der Waals surface area contributed by atoms with Crippen molar-refractivity contribution < 1.29 is 19.4 Å². The molecule has 0 amide bonds. The van der Waals surface area contributed by atoms with Crippen LogP contribution in [-0.4, -0.2) is 61.0 Å². The molecule has 0 spiro atoms. The predicted molar refractivity (Wildman–Crippen MR) is 75.4 cm³/mol. The average Bonchev–Trinajstić information content (AvgIpc) is 2.68. The van der Waals surface area contributed by atoms with E-state index in [-0.39, 0.29) is 11.9 Å². The molecule has 2 fully saturated rings. The first-order valence-corrected chi connectivity index (χ1v) is 7.82. The van der Waals surface area contributed by atoms with E-state index >= 15 is 0 Å². The zero-order chi connectivity index (χ0) is 14.4. The minimum Gasteiger partial charge on any atom is -0.466 e. The van der Waals surface area contributed by atoms with Gasteiger partial charge in [-0.05, 0) is 39.0 Å². The molecule has 0 radical (unpaired) electrons. The summed E-state index contributed by atoms with van der Waals surface area (Å²) in [5, 5.41) is 10.7. The zero-order valence-corrected chi connectivity index (χ0v) is 12.5. The summed E-state index contributed by atoms with van der Waals surface area (Å²) in [6, 6.07) is 0. The van der Waals surface area contributed by atoms with E-state index in [1.165, 1.54) is 0 Å². The van der Waals surface area contributed by atoms with Gasteiger partial charge in [0.25, 0.3) is 0 Å². The molecule has 1 saturated heterocycles. The minimum atomic E-state index is -0.646. The second-order valence-electron chi connectivity index (χ2n) is 5.99. The standard InChI is InChI=1S/C15H27NO4/c1-2-20-14(17)13-4-6-15(18,7-5-13)12-16-8-3-10-19-11-9-16/h13,18H,2-12H2,1H3. The van der Waals surface area contributed by atoms with Crippen LogP contribution < -0.4 is 0 Å². The predicted octanol–water partition coefficient (Wildman–Crippen LogP) is 1.19. The molecule has 0 aromatic rings. The number of carbonyl (C=O) groups is 1. The Labute approximate surface area is 121 Å². The van der Waals surface area contributed by atoms with Crippen LogP contribution in [0.3, 0.4) is 0 Å². The number of ether oxygens (including phenoxy) is 2. The molecule has 0 bridgehead atoms. The van der Waals surface area contributed by atoms with Crippen molar-refractivity contribution in [3.05, 3.63) is 0 Å². The van der Waals surface area contributed by atoms with E-state index in [4.69, 9.17) is 9.47 Å². The molecule has 0 atom stereocenters. The third-order valence-corrected chi connectivity index (χ3v) is 4.37. The first-order chi connectivity index (χ1) is 9.63. The van der Waals surface area contributed by atoms with Crippen molar-refractivity contribution in [3.8, 4) is 0 Å². The molecule has 0 unspecified atom stereocenters. The summed E-state index contributed by atoms with van der Waals surface area (Å²) in [4.78, 5) is 14.0. The van der Waals surface area contributed by atoms with Gasteiger partial charge >= 0.3 is 5.97 Å². The van der Waals surface area contributed by atoms with Gasteiger partial charge in [0.05, 0.1) is 24.7 Å². The van der Waals surface area contributed by atoms with Crippen LogP contribution >= 0.6 is 0 Å². The summed E-state index contributed by atoms with van der Waals surface area (Å²) >= 11 is 0. The van der Waals surface area contributed by atoms with Crippen molar-refractivity contribution in [2.24, 2.45) is 5.92 Å². The Kier molecular flexibility index (Phi) is 5.81. The maximum Gasteiger partial charge on any atom is 0.308 e. The molecule has 2 rings (SSSR count). The largest absolute Gasteiger partial charge is 0.466 e. The lowest BCUT2D eigenvalue weighted by molar-refractivity contribution is -0.151. The summed E-state index contributed by atoms with van der Waals surface area (Å²) in [6.45, 7) is 6.42. The monoisotopic (exact) mass is 285 g/mol. The zero-order valence-electron chi connectivity index (χ0n) is 12.5. The summed E-state index contributed by atoms with van der Waals surface area (Å²) in [7, 11) is 0. The summed E-state index contributed by atoms with van der Waals surface area (Å²) in [6.07, 6.45) is 3.88. The number of carbonyl (C=O) groups excluding carboxylic acids is 1. The highest BCUT2D eigenvalue weighted by atomic mass is 16.5. The Bertz CT molecular complexity index is 305. The third kappa shape index (κ3) is 4.43. The maximum atomic E-state index is 11.7. The van der Waals surface area contributed by atoms with Crippen molar-refractivity contribution in [2.45, 2.75) is 44.6 Å². The Morgan fingerprint density at radius 3 is 2.80 bits per heavy atom. The maximum absolute atomic E-state index is 11.7. The van der Waals surface area contributed by atoms with E-state index in [0.29, 0.717) is 26.0 Å². The van der Waals surface area contributed by atoms with E-state index in [1.54, 1.807) is 0 Å². The average molecular weight is 285 g/mol. The highest BCUT2D eigenvalue weighted by Gasteiger charge is 2.37. The van der Waals surface area contributed by atoms with Crippen LogP contribution in [-0.2, 0) is 14.3 Å². The van der Waals surface area contributed by atoms with Crippen molar-refractivity contribution in [1.29, 1.82) is 0 Å².